The molecule has 0 amide bonds. The van der Waals surface area contributed by atoms with Crippen LogP contribution in [0.3, 0.4) is 0 Å². The number of hydrogen-bond acceptors (Lipinski definition) is 3. The second-order valence-electron chi connectivity index (χ2n) is 5.89. The van der Waals surface area contributed by atoms with Crippen molar-refractivity contribution in [3.63, 3.8) is 0 Å². The molecule has 1 aromatic rings. The Bertz CT molecular complexity index is 387. The van der Waals surface area contributed by atoms with Gasteiger partial charge in [-0.05, 0) is 51.1 Å². The van der Waals surface area contributed by atoms with Crippen molar-refractivity contribution < 1.29 is 5.11 Å². The van der Waals surface area contributed by atoms with E-state index in [1.54, 1.807) is 0 Å². The van der Waals surface area contributed by atoms with Gasteiger partial charge in [0.05, 0.1) is 11.7 Å². The van der Waals surface area contributed by atoms with Crippen LogP contribution in [0.4, 0.5) is 0 Å². The van der Waals surface area contributed by atoms with Crippen LogP contribution in [-0.2, 0) is 6.54 Å². The highest BCUT2D eigenvalue weighted by Gasteiger charge is 2.24. The van der Waals surface area contributed by atoms with Crippen LogP contribution in [0.25, 0.3) is 0 Å². The third-order valence-electron chi connectivity index (χ3n) is 4.54. The molecule has 4 heteroatoms. The summed E-state index contributed by atoms with van der Waals surface area (Å²) in [5, 5.41) is 13.7. The Hall–Kier alpha value is -0.870. The van der Waals surface area contributed by atoms with E-state index in [0.29, 0.717) is 18.7 Å². The van der Waals surface area contributed by atoms with Gasteiger partial charge in [0.2, 0.25) is 0 Å². The van der Waals surface area contributed by atoms with Gasteiger partial charge < -0.3 is 5.11 Å². The Morgan fingerprint density at radius 1 is 1.40 bits per heavy atom. The van der Waals surface area contributed by atoms with Crippen molar-refractivity contribution in [2.45, 2.75) is 71.0 Å². The van der Waals surface area contributed by atoms with Crippen LogP contribution in [0, 0.1) is 0 Å². The van der Waals surface area contributed by atoms with Gasteiger partial charge >= 0.3 is 0 Å². The van der Waals surface area contributed by atoms with E-state index >= 15 is 0 Å². The van der Waals surface area contributed by atoms with Gasteiger partial charge in [-0.3, -0.25) is 9.58 Å². The molecule has 1 saturated heterocycles. The lowest BCUT2D eigenvalue weighted by molar-refractivity contribution is 0.207. The molecule has 0 radical (unpaired) electrons. The van der Waals surface area contributed by atoms with Gasteiger partial charge in [0.15, 0.2) is 0 Å². The summed E-state index contributed by atoms with van der Waals surface area (Å²) in [4.78, 5) is 2.54. The highest BCUT2D eigenvalue weighted by Crippen LogP contribution is 2.23. The van der Waals surface area contributed by atoms with Crippen molar-refractivity contribution in [3.8, 4) is 0 Å². The Labute approximate surface area is 122 Å². The first-order valence-corrected chi connectivity index (χ1v) is 8.17. The summed E-state index contributed by atoms with van der Waals surface area (Å²) in [5.74, 6) is 0. The minimum atomic E-state index is 0.313. The standard InChI is InChI=1S/C16H29N3O/c1-3-15(4-2)19-11-9-14(17-19)13-18-10-5-7-16(18)8-6-12-20/h9,11,15-16,20H,3-8,10,12-13H2,1-2H3. The summed E-state index contributed by atoms with van der Waals surface area (Å²) in [7, 11) is 0. The second-order valence-corrected chi connectivity index (χ2v) is 5.89. The molecule has 0 aliphatic carbocycles. The monoisotopic (exact) mass is 279 g/mol. The van der Waals surface area contributed by atoms with E-state index in [1.807, 2.05) is 0 Å². The topological polar surface area (TPSA) is 41.3 Å². The molecule has 1 fully saturated rings. The zero-order valence-electron chi connectivity index (χ0n) is 13.0. The first-order valence-electron chi connectivity index (χ1n) is 8.17. The van der Waals surface area contributed by atoms with E-state index in [4.69, 9.17) is 10.2 Å². The second kappa shape index (κ2) is 7.79. The fraction of sp³-hybridized carbons (Fsp3) is 0.812. The van der Waals surface area contributed by atoms with Crippen LogP contribution < -0.4 is 0 Å². The third kappa shape index (κ3) is 3.83. The van der Waals surface area contributed by atoms with Crippen molar-refractivity contribution in [2.24, 2.45) is 0 Å². The molecule has 0 bridgehead atoms. The lowest BCUT2D eigenvalue weighted by Crippen LogP contribution is -2.29. The Balaban J connectivity index is 1.92. The maximum Gasteiger partial charge on any atom is 0.0765 e. The van der Waals surface area contributed by atoms with Gasteiger partial charge in [-0.1, -0.05) is 13.8 Å². The first-order chi connectivity index (χ1) is 9.78. The predicted molar refractivity (Wildman–Crippen MR) is 81.6 cm³/mol. The van der Waals surface area contributed by atoms with Crippen LogP contribution in [-0.4, -0.2) is 39.0 Å². The quantitative estimate of drug-likeness (QED) is 0.795. The van der Waals surface area contributed by atoms with Crippen molar-refractivity contribution >= 4 is 0 Å². The van der Waals surface area contributed by atoms with Gasteiger partial charge in [-0.2, -0.15) is 5.10 Å². The molecule has 1 aliphatic rings. The largest absolute Gasteiger partial charge is 0.396 e. The van der Waals surface area contributed by atoms with Crippen LogP contribution in [0.5, 0.6) is 0 Å². The summed E-state index contributed by atoms with van der Waals surface area (Å²) < 4.78 is 2.13. The molecular formula is C16H29N3O. The molecule has 4 nitrogen and oxygen atoms in total. The van der Waals surface area contributed by atoms with E-state index in [1.165, 1.54) is 25.1 Å². The number of aromatic nitrogens is 2. The molecule has 1 aromatic heterocycles. The maximum absolute atomic E-state index is 8.99. The van der Waals surface area contributed by atoms with E-state index < -0.39 is 0 Å². The van der Waals surface area contributed by atoms with E-state index in [-0.39, 0.29) is 0 Å². The Morgan fingerprint density at radius 3 is 2.90 bits per heavy atom. The van der Waals surface area contributed by atoms with Crippen molar-refractivity contribution in [3.05, 3.63) is 18.0 Å². The molecule has 2 heterocycles. The van der Waals surface area contributed by atoms with E-state index in [9.17, 15) is 0 Å². The normalized spacial score (nSPS) is 20.1. The Morgan fingerprint density at radius 2 is 2.20 bits per heavy atom. The molecule has 114 valence electrons. The van der Waals surface area contributed by atoms with Crippen LogP contribution in [0.2, 0.25) is 0 Å². The summed E-state index contributed by atoms with van der Waals surface area (Å²) in [6.45, 7) is 6.90. The highest BCUT2D eigenvalue weighted by atomic mass is 16.2. The number of likely N-dealkylation sites (tertiary alicyclic amines) is 1. The Kier molecular flexibility index (Phi) is 6.05. The van der Waals surface area contributed by atoms with Gasteiger partial charge in [-0.15, -0.1) is 0 Å². The lowest BCUT2D eigenvalue weighted by Gasteiger charge is -2.23. The number of hydrogen-bond donors (Lipinski definition) is 1. The number of nitrogens with zero attached hydrogens (tertiary/aromatic N) is 3. The lowest BCUT2D eigenvalue weighted by atomic mass is 10.1. The number of aliphatic hydroxyl groups is 1. The minimum absolute atomic E-state index is 0.313. The van der Waals surface area contributed by atoms with Crippen molar-refractivity contribution in [1.29, 1.82) is 0 Å². The molecule has 1 unspecified atom stereocenters. The summed E-state index contributed by atoms with van der Waals surface area (Å²) in [6, 6.07) is 3.34. The smallest absolute Gasteiger partial charge is 0.0765 e. The average molecular weight is 279 g/mol. The summed E-state index contributed by atoms with van der Waals surface area (Å²) in [5.41, 5.74) is 1.19. The van der Waals surface area contributed by atoms with Crippen LogP contribution >= 0.6 is 0 Å². The predicted octanol–water partition coefficient (Wildman–Crippen LogP) is 2.98. The third-order valence-corrected chi connectivity index (χ3v) is 4.54. The number of rotatable bonds is 8. The minimum Gasteiger partial charge on any atom is -0.396 e. The summed E-state index contributed by atoms with van der Waals surface area (Å²) >= 11 is 0. The van der Waals surface area contributed by atoms with Crippen molar-refractivity contribution in [1.82, 2.24) is 14.7 Å². The van der Waals surface area contributed by atoms with Crippen molar-refractivity contribution in [2.75, 3.05) is 13.2 Å². The molecule has 1 N–H and O–H groups in total. The molecule has 1 atom stereocenters. The average Bonchev–Trinajstić information content (AvgIpc) is 3.08. The highest BCUT2D eigenvalue weighted by molar-refractivity contribution is 5.01. The van der Waals surface area contributed by atoms with Gasteiger partial charge in [-0.25, -0.2) is 0 Å². The molecule has 20 heavy (non-hydrogen) atoms. The van der Waals surface area contributed by atoms with Crippen LogP contribution in [0.1, 0.15) is 64.1 Å². The van der Waals surface area contributed by atoms with E-state index in [2.05, 4.69) is 35.7 Å². The molecule has 0 saturated carbocycles. The zero-order valence-corrected chi connectivity index (χ0v) is 13.0. The number of aliphatic hydroxyl groups excluding tert-OH is 1. The molecular weight excluding hydrogens is 250 g/mol. The van der Waals surface area contributed by atoms with Gasteiger partial charge in [0, 0.05) is 25.4 Å². The van der Waals surface area contributed by atoms with Crippen LogP contribution in [0.15, 0.2) is 12.3 Å². The van der Waals surface area contributed by atoms with Gasteiger partial charge in [0.1, 0.15) is 0 Å². The summed E-state index contributed by atoms with van der Waals surface area (Å²) in [6.07, 6.45) is 9.00. The first kappa shape index (κ1) is 15.5. The fourth-order valence-corrected chi connectivity index (χ4v) is 3.29. The molecule has 2 rings (SSSR count). The van der Waals surface area contributed by atoms with E-state index in [0.717, 1.165) is 32.2 Å². The molecule has 1 aliphatic heterocycles. The SMILES string of the molecule is CCC(CC)n1ccc(CN2CCCC2CCCO)n1. The molecule has 0 aromatic carbocycles. The van der Waals surface area contributed by atoms with Gasteiger partial charge in [0.25, 0.3) is 0 Å². The zero-order chi connectivity index (χ0) is 14.4. The fourth-order valence-electron chi connectivity index (χ4n) is 3.29. The maximum atomic E-state index is 8.99. The molecule has 0 spiro atoms.